The Hall–Kier alpha value is 1.80. The molecule has 0 spiro atoms. The van der Waals surface area contributed by atoms with Gasteiger partial charge < -0.3 is 0 Å². The molecule has 1 aliphatic rings. The average Bonchev–Trinajstić information content (AvgIpc) is 2.46. The number of benzene rings is 2. The van der Waals surface area contributed by atoms with Crippen LogP contribution in [0.25, 0.3) is 0 Å². The Balaban J connectivity index is 2.41. The highest BCUT2D eigenvalue weighted by atomic mass is 79.9. The summed E-state index contributed by atoms with van der Waals surface area (Å²) in [4.78, 5) is 0.242. The second-order valence-corrected chi connectivity index (χ2v) is 10.4. The molecule has 0 fully saturated rings. The van der Waals surface area contributed by atoms with E-state index in [1.54, 1.807) is 0 Å². The highest BCUT2D eigenvalue weighted by molar-refractivity contribution is 9.15. The Morgan fingerprint density at radius 1 is 0.619 bits per heavy atom. The third-order valence-corrected chi connectivity index (χ3v) is 10.8. The largest absolute Gasteiger partial charge is 0.0786 e. The van der Waals surface area contributed by atoms with Crippen LogP contribution >= 0.6 is 112 Å². The van der Waals surface area contributed by atoms with Crippen LogP contribution in [-0.2, 0) is 0 Å². The summed E-state index contributed by atoms with van der Waals surface area (Å²) in [6.07, 6.45) is 0. The predicted octanol–water partition coefficient (Wildman–Crippen LogP) is 8.78. The first-order valence-corrected chi connectivity index (χ1v) is 11.6. The summed E-state index contributed by atoms with van der Waals surface area (Å²) in [5.74, 6) is 0. The molecule has 2 aromatic carbocycles. The van der Waals surface area contributed by atoms with Gasteiger partial charge in [-0.1, -0.05) is 59.9 Å². The van der Waals surface area contributed by atoms with E-state index in [0.29, 0.717) is 0 Å². The fraction of sp³-hybridized carbons (Fsp3) is 0.143. The van der Waals surface area contributed by atoms with Gasteiger partial charge in [0.05, 0.1) is 9.65 Å². The second-order valence-electron chi connectivity index (χ2n) is 4.55. The van der Waals surface area contributed by atoms with Crippen LogP contribution in [0.15, 0.2) is 40.6 Å². The molecule has 0 saturated heterocycles. The molecule has 0 aromatic heterocycles. The van der Waals surface area contributed by atoms with Crippen molar-refractivity contribution in [3.05, 3.63) is 62.8 Å². The highest BCUT2D eigenvalue weighted by Gasteiger charge is 2.36. The topological polar surface area (TPSA) is 0 Å². The van der Waals surface area contributed by atoms with Crippen molar-refractivity contribution in [3.8, 4) is 0 Å². The van der Waals surface area contributed by atoms with Crippen molar-refractivity contribution >= 4 is 112 Å². The van der Waals surface area contributed by atoms with Gasteiger partial charge in [0.25, 0.3) is 0 Å². The van der Waals surface area contributed by atoms with Crippen LogP contribution in [0.2, 0.25) is 0 Å². The van der Waals surface area contributed by atoms with E-state index >= 15 is 0 Å². The molecule has 110 valence electrons. The van der Waals surface area contributed by atoms with E-state index in [2.05, 4.69) is 130 Å². The van der Waals surface area contributed by atoms with Crippen molar-refractivity contribution in [1.82, 2.24) is 0 Å². The number of rotatable bonds is 0. The molecule has 1 aliphatic carbocycles. The highest BCUT2D eigenvalue weighted by Crippen LogP contribution is 2.57. The average molecular weight is 733 g/mol. The Labute approximate surface area is 181 Å². The molecule has 0 aliphatic heterocycles. The molecule has 2 unspecified atom stereocenters. The summed E-state index contributed by atoms with van der Waals surface area (Å²) in [6, 6.07) is 6.31. The molecule has 7 heteroatoms. The van der Waals surface area contributed by atoms with Crippen LogP contribution in [0.1, 0.15) is 31.9 Å². The maximum Gasteiger partial charge on any atom is 0.0673 e. The number of halogens is 7. The summed E-state index contributed by atoms with van der Waals surface area (Å²) in [5, 5.41) is 0. The summed E-state index contributed by atoms with van der Waals surface area (Å²) in [5.41, 5.74) is 4.97. The van der Waals surface area contributed by atoms with Gasteiger partial charge in [0, 0.05) is 22.4 Å². The van der Waals surface area contributed by atoms with Crippen LogP contribution < -0.4 is 0 Å². The molecule has 3 rings (SSSR count). The van der Waals surface area contributed by atoms with E-state index in [1.165, 1.54) is 22.3 Å². The zero-order valence-corrected chi connectivity index (χ0v) is 21.1. The van der Waals surface area contributed by atoms with Crippen LogP contribution in [-0.4, -0.2) is 0 Å². The van der Waals surface area contributed by atoms with E-state index in [-0.39, 0.29) is 9.65 Å². The van der Waals surface area contributed by atoms with E-state index in [1.807, 2.05) is 0 Å². The molecule has 0 saturated carbocycles. The SMILES string of the molecule is Brc1cccc2c1C(Br)c1c(Br)c(Br)c(Br)c(Br)c1C2Br. The maximum atomic E-state index is 3.87. The number of alkyl halides is 2. The molecule has 0 heterocycles. The van der Waals surface area contributed by atoms with Gasteiger partial charge in [0.1, 0.15) is 0 Å². The maximum absolute atomic E-state index is 3.87. The monoisotopic (exact) mass is 725 g/mol. The molecule has 21 heavy (non-hydrogen) atoms. The predicted molar refractivity (Wildman–Crippen MR) is 113 cm³/mol. The molecule has 2 atom stereocenters. The van der Waals surface area contributed by atoms with Gasteiger partial charge in [-0.05, 0) is 92.0 Å². The molecular weight excluding hydrogens is 727 g/mol. The zero-order valence-electron chi connectivity index (χ0n) is 10.0. The van der Waals surface area contributed by atoms with Gasteiger partial charge >= 0.3 is 0 Å². The fourth-order valence-corrected chi connectivity index (χ4v) is 8.53. The van der Waals surface area contributed by atoms with E-state index < -0.39 is 0 Å². The lowest BCUT2D eigenvalue weighted by Gasteiger charge is -2.32. The summed E-state index contributed by atoms with van der Waals surface area (Å²) in [6.45, 7) is 0. The van der Waals surface area contributed by atoms with Gasteiger partial charge in [-0.2, -0.15) is 0 Å². The standard InChI is InChI=1S/C14H5Br7/c15-5-3-1-2-4-6(5)10(17)8-7(9(4)16)11(18)13(20)14(21)12(8)19/h1-3,9-10H. The van der Waals surface area contributed by atoms with Crippen LogP contribution in [0.3, 0.4) is 0 Å². The summed E-state index contributed by atoms with van der Waals surface area (Å²) >= 11 is 26.2. The third kappa shape index (κ3) is 2.74. The minimum atomic E-state index is 0.113. The Kier molecular flexibility index (Phi) is 5.54. The first-order chi connectivity index (χ1) is 9.86. The molecule has 0 nitrogen and oxygen atoms in total. The van der Waals surface area contributed by atoms with Crippen molar-refractivity contribution in [2.45, 2.75) is 9.65 Å². The quantitative estimate of drug-likeness (QED) is 0.144. The summed E-state index contributed by atoms with van der Waals surface area (Å²) < 4.78 is 5.24. The Morgan fingerprint density at radius 3 is 1.71 bits per heavy atom. The number of hydrogen-bond acceptors (Lipinski definition) is 0. The molecule has 2 aromatic rings. The minimum Gasteiger partial charge on any atom is -0.0786 e. The van der Waals surface area contributed by atoms with Gasteiger partial charge in [-0.15, -0.1) is 0 Å². The van der Waals surface area contributed by atoms with E-state index in [4.69, 9.17) is 0 Å². The van der Waals surface area contributed by atoms with Crippen molar-refractivity contribution in [2.75, 3.05) is 0 Å². The van der Waals surface area contributed by atoms with Crippen LogP contribution in [0.5, 0.6) is 0 Å². The Morgan fingerprint density at radius 2 is 1.14 bits per heavy atom. The second kappa shape index (κ2) is 6.60. The van der Waals surface area contributed by atoms with Crippen LogP contribution in [0, 0.1) is 0 Å². The molecule has 0 N–H and O–H groups in total. The Bertz CT molecular complexity index is 754. The molecule has 0 radical (unpaired) electrons. The van der Waals surface area contributed by atoms with E-state index in [0.717, 1.165) is 22.4 Å². The van der Waals surface area contributed by atoms with Gasteiger partial charge in [0.15, 0.2) is 0 Å². The first kappa shape index (κ1) is 17.6. The first-order valence-electron chi connectivity index (χ1n) is 5.78. The van der Waals surface area contributed by atoms with Crippen molar-refractivity contribution in [1.29, 1.82) is 0 Å². The van der Waals surface area contributed by atoms with Crippen molar-refractivity contribution in [2.24, 2.45) is 0 Å². The number of fused-ring (bicyclic) bond motifs is 2. The smallest absolute Gasteiger partial charge is 0.0673 e. The number of hydrogen-bond donors (Lipinski definition) is 0. The lowest BCUT2D eigenvalue weighted by Crippen LogP contribution is -2.14. The molecular formula is C14H5Br7. The minimum absolute atomic E-state index is 0.113. The van der Waals surface area contributed by atoms with Gasteiger partial charge in [-0.3, -0.25) is 0 Å². The molecule has 0 amide bonds. The van der Waals surface area contributed by atoms with Crippen molar-refractivity contribution < 1.29 is 0 Å². The van der Waals surface area contributed by atoms with Crippen LogP contribution in [0.4, 0.5) is 0 Å². The van der Waals surface area contributed by atoms with Crippen molar-refractivity contribution in [3.63, 3.8) is 0 Å². The lowest BCUT2D eigenvalue weighted by atomic mass is 9.86. The lowest BCUT2D eigenvalue weighted by molar-refractivity contribution is 0.961. The normalized spacial score (nSPS) is 20.1. The molecule has 0 bridgehead atoms. The fourth-order valence-electron chi connectivity index (χ4n) is 2.50. The van der Waals surface area contributed by atoms with E-state index in [9.17, 15) is 0 Å². The zero-order chi connectivity index (χ0) is 15.5. The third-order valence-electron chi connectivity index (χ3n) is 3.46. The summed E-state index contributed by atoms with van der Waals surface area (Å²) in [7, 11) is 0. The van der Waals surface area contributed by atoms with Gasteiger partial charge in [-0.25, -0.2) is 0 Å². The van der Waals surface area contributed by atoms with Gasteiger partial charge in [0.2, 0.25) is 0 Å².